The van der Waals surface area contributed by atoms with Crippen molar-refractivity contribution < 1.29 is 4.79 Å². The monoisotopic (exact) mass is 253 g/mol. The van der Waals surface area contributed by atoms with Crippen LogP contribution in [0.4, 0.5) is 0 Å². The third-order valence-corrected chi connectivity index (χ3v) is 2.86. The van der Waals surface area contributed by atoms with Gasteiger partial charge in [-0.3, -0.25) is 4.79 Å². The zero-order valence-electron chi connectivity index (χ0n) is 10.8. The van der Waals surface area contributed by atoms with Crippen molar-refractivity contribution in [2.24, 2.45) is 5.92 Å². The molecular weight excluding hydrogens is 234 g/mol. The highest BCUT2D eigenvalue weighted by Crippen LogP contribution is 2.26. The van der Waals surface area contributed by atoms with Crippen LogP contribution in [0.2, 0.25) is 5.02 Å². The van der Waals surface area contributed by atoms with Gasteiger partial charge in [-0.1, -0.05) is 37.6 Å². The molecule has 1 amide bonds. The lowest BCUT2D eigenvalue weighted by molar-refractivity contribution is -0.124. The minimum atomic E-state index is -0.116. The van der Waals surface area contributed by atoms with Gasteiger partial charge in [0.1, 0.15) is 0 Å². The summed E-state index contributed by atoms with van der Waals surface area (Å²) in [6, 6.07) is 7.67. The summed E-state index contributed by atoms with van der Waals surface area (Å²) in [5.74, 6) is 0.224. The van der Waals surface area contributed by atoms with E-state index in [1.54, 1.807) is 0 Å². The largest absolute Gasteiger partial charge is 0.353 e. The van der Waals surface area contributed by atoms with Crippen molar-refractivity contribution in [2.75, 3.05) is 0 Å². The molecule has 0 fully saturated rings. The fourth-order valence-electron chi connectivity index (χ4n) is 1.88. The van der Waals surface area contributed by atoms with Gasteiger partial charge in [-0.2, -0.15) is 0 Å². The van der Waals surface area contributed by atoms with Crippen LogP contribution in [-0.4, -0.2) is 11.9 Å². The molecule has 0 aliphatic heterocycles. The van der Waals surface area contributed by atoms with Gasteiger partial charge in [-0.15, -0.1) is 0 Å². The molecule has 0 bridgehead atoms. The first-order valence-corrected chi connectivity index (χ1v) is 6.35. The summed E-state index contributed by atoms with van der Waals surface area (Å²) in [6.45, 7) is 8.05. The fourth-order valence-corrected chi connectivity index (χ4v) is 2.01. The standard InChI is InChI=1S/C14H20ClNO/c1-9(2)13(14(17)16-10(3)4)11-5-7-12(15)8-6-11/h5-10,13H,1-4H3,(H,16,17). The molecule has 3 heteroatoms. The van der Waals surface area contributed by atoms with E-state index in [0.29, 0.717) is 5.02 Å². The van der Waals surface area contributed by atoms with Gasteiger partial charge in [0.15, 0.2) is 0 Å². The molecular formula is C14H20ClNO. The zero-order valence-corrected chi connectivity index (χ0v) is 11.6. The number of halogens is 1. The maximum absolute atomic E-state index is 12.1. The highest BCUT2D eigenvalue weighted by molar-refractivity contribution is 6.30. The molecule has 0 aliphatic rings. The van der Waals surface area contributed by atoms with Crippen LogP contribution in [0.1, 0.15) is 39.2 Å². The van der Waals surface area contributed by atoms with Crippen molar-refractivity contribution in [3.05, 3.63) is 34.9 Å². The van der Waals surface area contributed by atoms with Crippen LogP contribution < -0.4 is 5.32 Å². The minimum absolute atomic E-state index is 0.0809. The lowest BCUT2D eigenvalue weighted by atomic mass is 9.87. The zero-order chi connectivity index (χ0) is 13.0. The van der Waals surface area contributed by atoms with E-state index >= 15 is 0 Å². The maximum atomic E-state index is 12.1. The lowest BCUT2D eigenvalue weighted by Crippen LogP contribution is -2.36. The van der Waals surface area contributed by atoms with Crippen molar-refractivity contribution >= 4 is 17.5 Å². The van der Waals surface area contributed by atoms with Crippen LogP contribution in [0, 0.1) is 5.92 Å². The number of carbonyl (C=O) groups excluding carboxylic acids is 1. The number of rotatable bonds is 4. The summed E-state index contributed by atoms with van der Waals surface area (Å²) in [5.41, 5.74) is 1.02. The van der Waals surface area contributed by atoms with Gasteiger partial charge in [0.05, 0.1) is 5.92 Å². The third-order valence-electron chi connectivity index (χ3n) is 2.61. The smallest absolute Gasteiger partial charge is 0.227 e. The predicted octanol–water partition coefficient (Wildman–Crippen LogP) is 3.60. The van der Waals surface area contributed by atoms with Crippen LogP contribution in [0.15, 0.2) is 24.3 Å². The Hall–Kier alpha value is -1.02. The van der Waals surface area contributed by atoms with E-state index in [9.17, 15) is 4.79 Å². The molecule has 0 saturated carbocycles. The molecule has 0 heterocycles. The van der Waals surface area contributed by atoms with Crippen molar-refractivity contribution in [3.63, 3.8) is 0 Å². The summed E-state index contributed by atoms with van der Waals surface area (Å²) in [5, 5.41) is 3.66. The number of amides is 1. The second kappa shape index (κ2) is 6.06. The van der Waals surface area contributed by atoms with Gasteiger partial charge in [0.25, 0.3) is 0 Å². The minimum Gasteiger partial charge on any atom is -0.353 e. The van der Waals surface area contributed by atoms with Gasteiger partial charge < -0.3 is 5.32 Å². The second-order valence-corrected chi connectivity index (χ2v) is 5.37. The predicted molar refractivity (Wildman–Crippen MR) is 72.3 cm³/mol. The highest BCUT2D eigenvalue weighted by Gasteiger charge is 2.24. The molecule has 1 unspecified atom stereocenters. The molecule has 0 aromatic heterocycles. The van der Waals surface area contributed by atoms with E-state index in [-0.39, 0.29) is 23.8 Å². The van der Waals surface area contributed by atoms with Crippen LogP contribution in [0.3, 0.4) is 0 Å². The van der Waals surface area contributed by atoms with Crippen molar-refractivity contribution in [2.45, 2.75) is 39.7 Å². The Morgan fingerprint density at radius 3 is 2.06 bits per heavy atom. The maximum Gasteiger partial charge on any atom is 0.227 e. The van der Waals surface area contributed by atoms with Crippen molar-refractivity contribution in [3.8, 4) is 0 Å². The Bertz CT molecular complexity index is 370. The molecule has 0 aliphatic carbocycles. The topological polar surface area (TPSA) is 29.1 Å². The van der Waals surface area contributed by atoms with E-state index in [2.05, 4.69) is 19.2 Å². The summed E-state index contributed by atoms with van der Waals surface area (Å²) < 4.78 is 0. The summed E-state index contributed by atoms with van der Waals surface area (Å²) in [4.78, 5) is 12.1. The second-order valence-electron chi connectivity index (χ2n) is 4.94. The van der Waals surface area contributed by atoms with E-state index in [0.717, 1.165) is 5.56 Å². The van der Waals surface area contributed by atoms with Gasteiger partial charge in [0, 0.05) is 11.1 Å². The Morgan fingerprint density at radius 2 is 1.65 bits per heavy atom. The molecule has 94 valence electrons. The van der Waals surface area contributed by atoms with Crippen LogP contribution >= 0.6 is 11.6 Å². The lowest BCUT2D eigenvalue weighted by Gasteiger charge is -2.22. The van der Waals surface area contributed by atoms with E-state index in [1.807, 2.05) is 38.1 Å². The Kier molecular flexibility index (Phi) is 5.01. The van der Waals surface area contributed by atoms with E-state index < -0.39 is 0 Å². The number of benzene rings is 1. The van der Waals surface area contributed by atoms with Crippen molar-refractivity contribution in [1.82, 2.24) is 5.32 Å². The molecule has 17 heavy (non-hydrogen) atoms. The summed E-state index contributed by atoms with van der Waals surface area (Å²) >= 11 is 5.86. The van der Waals surface area contributed by atoms with Gasteiger partial charge in [-0.25, -0.2) is 0 Å². The fraction of sp³-hybridized carbons (Fsp3) is 0.500. The molecule has 1 N–H and O–H groups in total. The van der Waals surface area contributed by atoms with Gasteiger partial charge in [-0.05, 0) is 37.5 Å². The third kappa shape index (κ3) is 4.04. The first-order valence-electron chi connectivity index (χ1n) is 5.97. The molecule has 1 aromatic rings. The van der Waals surface area contributed by atoms with Crippen molar-refractivity contribution in [1.29, 1.82) is 0 Å². The first kappa shape index (κ1) is 14.0. The highest BCUT2D eigenvalue weighted by atomic mass is 35.5. The molecule has 2 nitrogen and oxygen atoms in total. The molecule has 1 atom stereocenters. The van der Waals surface area contributed by atoms with Gasteiger partial charge >= 0.3 is 0 Å². The molecule has 1 aromatic carbocycles. The Labute approximate surface area is 108 Å². The quantitative estimate of drug-likeness (QED) is 0.873. The Morgan fingerprint density at radius 1 is 1.12 bits per heavy atom. The number of carbonyl (C=O) groups is 1. The van der Waals surface area contributed by atoms with Crippen LogP contribution in [-0.2, 0) is 4.79 Å². The van der Waals surface area contributed by atoms with E-state index in [1.165, 1.54) is 0 Å². The van der Waals surface area contributed by atoms with E-state index in [4.69, 9.17) is 11.6 Å². The summed E-state index contributed by atoms with van der Waals surface area (Å²) in [7, 11) is 0. The number of hydrogen-bond donors (Lipinski definition) is 1. The molecule has 0 radical (unpaired) electrons. The SMILES string of the molecule is CC(C)NC(=O)C(c1ccc(Cl)cc1)C(C)C. The Balaban J connectivity index is 2.93. The van der Waals surface area contributed by atoms with Gasteiger partial charge in [0.2, 0.25) is 5.91 Å². The average molecular weight is 254 g/mol. The average Bonchev–Trinajstić information content (AvgIpc) is 2.19. The first-order chi connectivity index (χ1) is 7.91. The molecule has 1 rings (SSSR count). The number of hydrogen-bond acceptors (Lipinski definition) is 1. The van der Waals surface area contributed by atoms with Crippen LogP contribution in [0.25, 0.3) is 0 Å². The van der Waals surface area contributed by atoms with Crippen LogP contribution in [0.5, 0.6) is 0 Å². The number of nitrogens with one attached hydrogen (secondary N) is 1. The molecule has 0 saturated heterocycles. The molecule has 0 spiro atoms. The normalized spacial score (nSPS) is 12.9. The summed E-state index contributed by atoms with van der Waals surface area (Å²) in [6.07, 6.45) is 0.